The average molecular weight is 283 g/mol. The van der Waals surface area contributed by atoms with Crippen LogP contribution in [-0.4, -0.2) is 48.4 Å². The number of hydrogen-bond donors (Lipinski definition) is 2. The van der Waals surface area contributed by atoms with Gasteiger partial charge < -0.3 is 15.4 Å². The highest BCUT2D eigenvalue weighted by Gasteiger charge is 2.44. The van der Waals surface area contributed by atoms with Crippen LogP contribution in [0.15, 0.2) is 12.7 Å². The SMILES string of the molecule is C=CCN1C(C)(C)CC(NC(=O)NCOC)CC1(C)C. The maximum atomic E-state index is 11.8. The molecule has 0 saturated carbocycles. The number of ether oxygens (including phenoxy) is 1. The molecule has 20 heavy (non-hydrogen) atoms. The molecule has 0 aromatic carbocycles. The van der Waals surface area contributed by atoms with Gasteiger partial charge in [-0.1, -0.05) is 6.08 Å². The normalized spacial score (nSPS) is 22.2. The van der Waals surface area contributed by atoms with Crippen molar-refractivity contribution < 1.29 is 9.53 Å². The van der Waals surface area contributed by atoms with E-state index >= 15 is 0 Å². The van der Waals surface area contributed by atoms with E-state index in [9.17, 15) is 4.79 Å². The molecule has 116 valence electrons. The first-order chi connectivity index (χ1) is 9.23. The molecular weight excluding hydrogens is 254 g/mol. The van der Waals surface area contributed by atoms with Crippen LogP contribution in [0, 0.1) is 0 Å². The van der Waals surface area contributed by atoms with Gasteiger partial charge in [0, 0.05) is 30.8 Å². The molecule has 0 spiro atoms. The van der Waals surface area contributed by atoms with Crippen LogP contribution in [0.3, 0.4) is 0 Å². The highest BCUT2D eigenvalue weighted by Crippen LogP contribution is 2.38. The molecule has 1 aliphatic rings. The number of carbonyl (C=O) groups is 1. The Kier molecular flexibility index (Phi) is 5.59. The lowest BCUT2D eigenvalue weighted by molar-refractivity contribution is -0.0290. The summed E-state index contributed by atoms with van der Waals surface area (Å²) in [6.07, 6.45) is 3.79. The molecule has 1 aliphatic heterocycles. The van der Waals surface area contributed by atoms with E-state index in [0.29, 0.717) is 0 Å². The number of hydrogen-bond acceptors (Lipinski definition) is 3. The van der Waals surface area contributed by atoms with Gasteiger partial charge in [-0.05, 0) is 40.5 Å². The van der Waals surface area contributed by atoms with Crippen molar-refractivity contribution in [3.05, 3.63) is 12.7 Å². The van der Waals surface area contributed by atoms with E-state index in [4.69, 9.17) is 4.74 Å². The van der Waals surface area contributed by atoms with Crippen LogP contribution in [-0.2, 0) is 4.74 Å². The molecule has 1 saturated heterocycles. The molecule has 1 rings (SSSR count). The van der Waals surface area contributed by atoms with Crippen LogP contribution in [0.5, 0.6) is 0 Å². The van der Waals surface area contributed by atoms with Crippen molar-refractivity contribution in [3.63, 3.8) is 0 Å². The summed E-state index contributed by atoms with van der Waals surface area (Å²) in [5, 5.41) is 5.71. The van der Waals surface area contributed by atoms with Crippen LogP contribution in [0.25, 0.3) is 0 Å². The number of nitrogens with zero attached hydrogens (tertiary/aromatic N) is 1. The first-order valence-corrected chi connectivity index (χ1v) is 7.15. The summed E-state index contributed by atoms with van der Waals surface area (Å²) in [4.78, 5) is 14.2. The van der Waals surface area contributed by atoms with Gasteiger partial charge in [0.2, 0.25) is 0 Å². The number of carbonyl (C=O) groups excluding carboxylic acids is 1. The topological polar surface area (TPSA) is 53.6 Å². The van der Waals surface area contributed by atoms with Gasteiger partial charge in [-0.2, -0.15) is 0 Å². The predicted molar refractivity (Wildman–Crippen MR) is 81.6 cm³/mol. The molecule has 0 radical (unpaired) electrons. The molecule has 5 heteroatoms. The Morgan fingerprint density at radius 2 is 1.90 bits per heavy atom. The second-order valence-electron chi connectivity index (χ2n) is 6.71. The van der Waals surface area contributed by atoms with Crippen molar-refractivity contribution in [2.75, 3.05) is 20.4 Å². The van der Waals surface area contributed by atoms with Crippen LogP contribution >= 0.6 is 0 Å². The zero-order valence-corrected chi connectivity index (χ0v) is 13.5. The standard InChI is InChI=1S/C15H29N3O2/c1-7-8-18-14(2,3)9-12(10-15(18,4)5)17-13(19)16-11-20-6/h7,12H,1,8-11H2,2-6H3,(H2,16,17,19). The largest absolute Gasteiger partial charge is 0.364 e. The lowest BCUT2D eigenvalue weighted by atomic mass is 9.77. The number of methoxy groups -OCH3 is 1. The highest BCUT2D eigenvalue weighted by atomic mass is 16.5. The first-order valence-electron chi connectivity index (χ1n) is 7.15. The van der Waals surface area contributed by atoms with Crippen LogP contribution < -0.4 is 10.6 Å². The molecule has 1 heterocycles. The number of nitrogens with one attached hydrogen (secondary N) is 2. The van der Waals surface area contributed by atoms with E-state index in [1.165, 1.54) is 0 Å². The van der Waals surface area contributed by atoms with Gasteiger partial charge in [-0.3, -0.25) is 4.90 Å². The summed E-state index contributed by atoms with van der Waals surface area (Å²) in [5.41, 5.74) is 0.0459. The summed E-state index contributed by atoms with van der Waals surface area (Å²) in [6, 6.07) is -0.00135. The van der Waals surface area contributed by atoms with Crippen molar-refractivity contribution in [2.45, 2.75) is 57.7 Å². The van der Waals surface area contributed by atoms with Crippen molar-refractivity contribution in [2.24, 2.45) is 0 Å². The van der Waals surface area contributed by atoms with Gasteiger partial charge in [-0.25, -0.2) is 4.79 Å². The fourth-order valence-electron chi connectivity index (χ4n) is 3.42. The molecule has 0 unspecified atom stereocenters. The van der Waals surface area contributed by atoms with Gasteiger partial charge in [0.05, 0.1) is 0 Å². The smallest absolute Gasteiger partial charge is 0.316 e. The molecule has 0 aliphatic carbocycles. The average Bonchev–Trinajstić information content (AvgIpc) is 2.30. The third kappa shape index (κ3) is 4.21. The molecule has 0 aromatic heterocycles. The van der Waals surface area contributed by atoms with Crippen LogP contribution in [0.2, 0.25) is 0 Å². The zero-order valence-electron chi connectivity index (χ0n) is 13.5. The minimum absolute atomic E-state index is 0.0230. The van der Waals surface area contributed by atoms with E-state index < -0.39 is 0 Å². The Bertz CT molecular complexity index is 335. The molecule has 2 amide bonds. The zero-order chi connectivity index (χ0) is 15.4. The monoisotopic (exact) mass is 283 g/mol. The summed E-state index contributed by atoms with van der Waals surface area (Å²) < 4.78 is 4.84. The molecule has 0 bridgehead atoms. The van der Waals surface area contributed by atoms with E-state index in [2.05, 4.69) is 49.8 Å². The summed E-state index contributed by atoms with van der Waals surface area (Å²) >= 11 is 0. The lowest BCUT2D eigenvalue weighted by Gasteiger charge is -2.55. The Hall–Kier alpha value is -1.07. The van der Waals surface area contributed by atoms with E-state index in [0.717, 1.165) is 19.4 Å². The predicted octanol–water partition coefficient (Wildman–Crippen LogP) is 2.10. The quantitative estimate of drug-likeness (QED) is 0.600. The van der Waals surface area contributed by atoms with Gasteiger partial charge in [0.25, 0.3) is 0 Å². The van der Waals surface area contributed by atoms with E-state index in [1.807, 2.05) is 6.08 Å². The Labute approximate surface area is 122 Å². The third-order valence-electron chi connectivity index (χ3n) is 3.98. The minimum atomic E-state index is -0.166. The summed E-state index contributed by atoms with van der Waals surface area (Å²) in [7, 11) is 1.56. The summed E-state index contributed by atoms with van der Waals surface area (Å²) in [5.74, 6) is 0. The number of amides is 2. The maximum absolute atomic E-state index is 11.8. The molecule has 0 aromatic rings. The first kappa shape index (κ1) is 17.0. The summed E-state index contributed by atoms with van der Waals surface area (Å²) in [6.45, 7) is 13.8. The van der Waals surface area contributed by atoms with Crippen LogP contribution in [0.4, 0.5) is 4.79 Å². The number of piperidine rings is 1. The Morgan fingerprint density at radius 1 is 1.35 bits per heavy atom. The van der Waals surface area contributed by atoms with Crippen molar-refractivity contribution in [1.82, 2.24) is 15.5 Å². The second kappa shape index (κ2) is 6.59. The van der Waals surface area contributed by atoms with Gasteiger partial charge in [-0.15, -0.1) is 6.58 Å². The van der Waals surface area contributed by atoms with Gasteiger partial charge in [0.15, 0.2) is 0 Å². The Balaban J connectivity index is 2.71. The van der Waals surface area contributed by atoms with Crippen LogP contribution in [0.1, 0.15) is 40.5 Å². The molecular formula is C15H29N3O2. The highest BCUT2D eigenvalue weighted by molar-refractivity contribution is 5.74. The maximum Gasteiger partial charge on any atom is 0.316 e. The number of urea groups is 1. The van der Waals surface area contributed by atoms with Crippen molar-refractivity contribution in [1.29, 1.82) is 0 Å². The number of likely N-dealkylation sites (tertiary alicyclic amines) is 1. The fourth-order valence-corrected chi connectivity index (χ4v) is 3.42. The third-order valence-corrected chi connectivity index (χ3v) is 3.98. The van der Waals surface area contributed by atoms with E-state index in [1.54, 1.807) is 7.11 Å². The van der Waals surface area contributed by atoms with Crippen molar-refractivity contribution >= 4 is 6.03 Å². The molecule has 0 atom stereocenters. The van der Waals surface area contributed by atoms with Crippen molar-refractivity contribution in [3.8, 4) is 0 Å². The fraction of sp³-hybridized carbons (Fsp3) is 0.800. The molecule has 5 nitrogen and oxygen atoms in total. The molecule has 1 fully saturated rings. The van der Waals surface area contributed by atoms with Gasteiger partial charge in [0.1, 0.15) is 6.73 Å². The minimum Gasteiger partial charge on any atom is -0.364 e. The lowest BCUT2D eigenvalue weighted by Crippen LogP contribution is -2.64. The van der Waals surface area contributed by atoms with E-state index in [-0.39, 0.29) is 29.9 Å². The Morgan fingerprint density at radius 3 is 2.35 bits per heavy atom. The van der Waals surface area contributed by atoms with Gasteiger partial charge >= 0.3 is 6.03 Å². The number of rotatable bonds is 5. The molecule has 2 N–H and O–H groups in total. The second-order valence-corrected chi connectivity index (χ2v) is 6.71.